The maximum absolute atomic E-state index is 12.4. The fourth-order valence-electron chi connectivity index (χ4n) is 3.27. The number of carbonyl (C=O) groups excluding carboxylic acids is 1. The van der Waals surface area contributed by atoms with Gasteiger partial charge < -0.3 is 9.73 Å². The van der Waals surface area contributed by atoms with Gasteiger partial charge in [-0.1, -0.05) is 48.0 Å². The van der Waals surface area contributed by atoms with Crippen LogP contribution in [0.3, 0.4) is 0 Å². The van der Waals surface area contributed by atoms with Gasteiger partial charge in [0.2, 0.25) is 5.91 Å². The first-order valence-corrected chi connectivity index (χ1v) is 9.95. The van der Waals surface area contributed by atoms with Gasteiger partial charge in [0, 0.05) is 23.4 Å². The van der Waals surface area contributed by atoms with E-state index < -0.39 is 0 Å². The molecular formula is C24H21ClN2O2. The van der Waals surface area contributed by atoms with E-state index in [-0.39, 0.29) is 11.9 Å². The molecule has 4 rings (SSSR count). The summed E-state index contributed by atoms with van der Waals surface area (Å²) < 4.78 is 5.76. The van der Waals surface area contributed by atoms with Crippen LogP contribution >= 0.6 is 11.6 Å². The molecule has 0 aliphatic carbocycles. The number of amides is 1. The maximum atomic E-state index is 12.4. The van der Waals surface area contributed by atoms with Gasteiger partial charge in [-0.05, 0) is 53.6 Å². The summed E-state index contributed by atoms with van der Waals surface area (Å²) in [5, 5.41) is 6.08. The Bertz CT molecular complexity index is 1140. The molecule has 4 nitrogen and oxygen atoms in total. The van der Waals surface area contributed by atoms with E-state index in [2.05, 4.69) is 40.6 Å². The lowest BCUT2D eigenvalue weighted by molar-refractivity contribution is -0.121. The Balaban J connectivity index is 1.34. The summed E-state index contributed by atoms with van der Waals surface area (Å²) >= 11 is 5.91. The smallest absolute Gasteiger partial charge is 0.220 e. The molecule has 0 unspecified atom stereocenters. The number of aryl methyl sites for hydroxylation is 1. The van der Waals surface area contributed by atoms with E-state index >= 15 is 0 Å². The van der Waals surface area contributed by atoms with Crippen LogP contribution in [0, 0.1) is 0 Å². The lowest BCUT2D eigenvalue weighted by atomic mass is 10.0. The highest BCUT2D eigenvalue weighted by molar-refractivity contribution is 6.30. The fourth-order valence-corrected chi connectivity index (χ4v) is 3.39. The third kappa shape index (κ3) is 4.66. The van der Waals surface area contributed by atoms with E-state index in [0.29, 0.717) is 29.5 Å². The van der Waals surface area contributed by atoms with E-state index in [9.17, 15) is 4.79 Å². The summed E-state index contributed by atoms with van der Waals surface area (Å²) in [7, 11) is 0. The zero-order valence-corrected chi connectivity index (χ0v) is 16.8. The van der Waals surface area contributed by atoms with Gasteiger partial charge in [-0.3, -0.25) is 4.79 Å². The minimum atomic E-state index is -0.0682. The van der Waals surface area contributed by atoms with Gasteiger partial charge in [0.05, 0.1) is 12.2 Å². The number of carbonyl (C=O) groups is 1. The van der Waals surface area contributed by atoms with Gasteiger partial charge >= 0.3 is 0 Å². The van der Waals surface area contributed by atoms with E-state index in [4.69, 9.17) is 16.0 Å². The molecule has 0 saturated carbocycles. The molecule has 1 amide bonds. The van der Waals surface area contributed by atoms with Crippen LogP contribution < -0.4 is 5.32 Å². The number of oxazole rings is 1. The molecule has 3 aromatic carbocycles. The molecule has 0 bridgehead atoms. The lowest BCUT2D eigenvalue weighted by Gasteiger charge is -2.15. The molecule has 0 saturated heterocycles. The number of rotatable bonds is 6. The number of nitrogens with zero attached hydrogens (tertiary/aromatic N) is 1. The summed E-state index contributed by atoms with van der Waals surface area (Å²) in [5.74, 6) is 1.18. The Morgan fingerprint density at radius 2 is 1.83 bits per heavy atom. The van der Waals surface area contributed by atoms with Gasteiger partial charge in [0.15, 0.2) is 11.7 Å². The first-order valence-electron chi connectivity index (χ1n) is 9.57. The predicted octanol–water partition coefficient (Wildman–Crippen LogP) is 5.96. The first kappa shape index (κ1) is 19.2. The summed E-state index contributed by atoms with van der Waals surface area (Å²) in [4.78, 5) is 16.7. The number of fused-ring (bicyclic) bond motifs is 1. The van der Waals surface area contributed by atoms with E-state index in [0.717, 1.165) is 11.1 Å². The summed E-state index contributed by atoms with van der Waals surface area (Å²) in [5.41, 5.74) is 1.99. The molecule has 1 atom stereocenters. The largest absolute Gasteiger partial charge is 0.441 e. The van der Waals surface area contributed by atoms with Crippen molar-refractivity contribution in [3.05, 3.63) is 89.4 Å². The lowest BCUT2D eigenvalue weighted by Crippen LogP contribution is -2.26. The predicted molar refractivity (Wildman–Crippen MR) is 116 cm³/mol. The quantitative estimate of drug-likeness (QED) is 0.431. The fraction of sp³-hybridized carbons (Fsp3) is 0.167. The second-order valence-electron chi connectivity index (χ2n) is 7.02. The monoisotopic (exact) mass is 404 g/mol. The Kier molecular flexibility index (Phi) is 5.63. The third-order valence-corrected chi connectivity index (χ3v) is 5.15. The number of nitrogens with one attached hydrogen (secondary N) is 1. The molecule has 0 aliphatic heterocycles. The zero-order chi connectivity index (χ0) is 20.2. The molecule has 0 fully saturated rings. The number of hydrogen-bond acceptors (Lipinski definition) is 3. The number of hydrogen-bond donors (Lipinski definition) is 1. The van der Waals surface area contributed by atoms with Gasteiger partial charge in [-0.2, -0.15) is 0 Å². The van der Waals surface area contributed by atoms with Crippen molar-refractivity contribution in [2.45, 2.75) is 25.8 Å². The van der Waals surface area contributed by atoms with Crippen molar-refractivity contribution in [3.63, 3.8) is 0 Å². The van der Waals surface area contributed by atoms with Crippen molar-refractivity contribution < 1.29 is 9.21 Å². The van der Waals surface area contributed by atoms with Crippen molar-refractivity contribution in [2.24, 2.45) is 0 Å². The molecule has 0 radical (unpaired) electrons. The Morgan fingerprint density at radius 3 is 2.62 bits per heavy atom. The van der Waals surface area contributed by atoms with Crippen LogP contribution in [-0.2, 0) is 11.2 Å². The van der Waals surface area contributed by atoms with Crippen molar-refractivity contribution in [1.82, 2.24) is 10.3 Å². The Morgan fingerprint density at radius 1 is 1.07 bits per heavy atom. The topological polar surface area (TPSA) is 55.1 Å². The normalized spacial score (nSPS) is 12.1. The van der Waals surface area contributed by atoms with Crippen molar-refractivity contribution in [3.8, 4) is 11.3 Å². The van der Waals surface area contributed by atoms with Crippen LogP contribution in [0.25, 0.3) is 22.1 Å². The molecule has 5 heteroatoms. The van der Waals surface area contributed by atoms with Crippen LogP contribution in [0.4, 0.5) is 0 Å². The molecule has 0 spiro atoms. The number of benzene rings is 3. The van der Waals surface area contributed by atoms with Crippen molar-refractivity contribution in [2.75, 3.05) is 0 Å². The van der Waals surface area contributed by atoms with Crippen LogP contribution in [0.2, 0.25) is 5.02 Å². The summed E-state index contributed by atoms with van der Waals surface area (Å²) in [6.07, 6.45) is 2.44. The van der Waals surface area contributed by atoms with E-state index in [1.165, 1.54) is 10.8 Å². The summed E-state index contributed by atoms with van der Waals surface area (Å²) in [6.45, 7) is 1.99. The Labute approximate surface area is 174 Å². The highest BCUT2D eigenvalue weighted by atomic mass is 35.5. The highest BCUT2D eigenvalue weighted by Crippen LogP contribution is 2.23. The van der Waals surface area contributed by atoms with Crippen molar-refractivity contribution >= 4 is 28.3 Å². The number of halogens is 1. The van der Waals surface area contributed by atoms with Crippen LogP contribution in [0.1, 0.15) is 30.8 Å². The SMILES string of the molecule is C[C@H](NC(=O)CCc1ncc(-c2ccc(Cl)cc2)o1)c1ccc2ccccc2c1. The van der Waals surface area contributed by atoms with Crippen LogP contribution in [-0.4, -0.2) is 10.9 Å². The summed E-state index contributed by atoms with van der Waals surface area (Å²) in [6, 6.07) is 21.8. The molecule has 1 N–H and O–H groups in total. The molecule has 29 heavy (non-hydrogen) atoms. The average molecular weight is 405 g/mol. The van der Waals surface area contributed by atoms with Gasteiger partial charge in [-0.15, -0.1) is 0 Å². The van der Waals surface area contributed by atoms with Crippen LogP contribution in [0.5, 0.6) is 0 Å². The molecule has 1 heterocycles. The van der Waals surface area contributed by atoms with E-state index in [1.807, 2.05) is 31.2 Å². The highest BCUT2D eigenvalue weighted by Gasteiger charge is 2.12. The van der Waals surface area contributed by atoms with E-state index in [1.54, 1.807) is 18.3 Å². The van der Waals surface area contributed by atoms with Gasteiger partial charge in [-0.25, -0.2) is 4.98 Å². The minimum Gasteiger partial charge on any atom is -0.441 e. The third-order valence-electron chi connectivity index (χ3n) is 4.90. The van der Waals surface area contributed by atoms with Crippen molar-refractivity contribution in [1.29, 1.82) is 0 Å². The Hall–Kier alpha value is -3.11. The van der Waals surface area contributed by atoms with Crippen LogP contribution in [0.15, 0.2) is 77.3 Å². The second-order valence-corrected chi connectivity index (χ2v) is 7.46. The maximum Gasteiger partial charge on any atom is 0.220 e. The average Bonchev–Trinajstić information content (AvgIpc) is 3.21. The molecule has 1 aromatic heterocycles. The minimum absolute atomic E-state index is 0.0306. The number of aromatic nitrogens is 1. The second kappa shape index (κ2) is 8.50. The molecule has 146 valence electrons. The molecule has 0 aliphatic rings. The molecular weight excluding hydrogens is 384 g/mol. The van der Waals surface area contributed by atoms with Gasteiger partial charge in [0.1, 0.15) is 0 Å². The standard InChI is InChI=1S/C24H21ClN2O2/c1-16(19-7-6-17-4-2-3-5-20(17)14-19)27-23(28)12-13-24-26-15-22(29-24)18-8-10-21(25)11-9-18/h2-11,14-16H,12-13H2,1H3,(H,27,28)/t16-/m0/s1. The van der Waals surface area contributed by atoms with Gasteiger partial charge in [0.25, 0.3) is 0 Å². The zero-order valence-electron chi connectivity index (χ0n) is 16.1. The first-order chi connectivity index (χ1) is 14.1. The molecule has 4 aromatic rings.